The van der Waals surface area contributed by atoms with E-state index < -0.39 is 5.97 Å². The highest BCUT2D eigenvalue weighted by Gasteiger charge is 2.13. The van der Waals surface area contributed by atoms with Crippen LogP contribution in [0.25, 0.3) is 0 Å². The predicted molar refractivity (Wildman–Crippen MR) is 84.3 cm³/mol. The van der Waals surface area contributed by atoms with Crippen molar-refractivity contribution >= 4 is 23.0 Å². The number of nitrogens with one attached hydrogen (secondary N) is 1. The quantitative estimate of drug-likeness (QED) is 0.753. The van der Waals surface area contributed by atoms with Crippen molar-refractivity contribution in [1.29, 1.82) is 0 Å². The van der Waals surface area contributed by atoms with Gasteiger partial charge in [-0.3, -0.25) is 0 Å². The van der Waals surface area contributed by atoms with E-state index in [2.05, 4.69) is 17.4 Å². The van der Waals surface area contributed by atoms with Gasteiger partial charge in [0.1, 0.15) is 0 Å². The summed E-state index contributed by atoms with van der Waals surface area (Å²) >= 11 is 0. The second-order valence-corrected chi connectivity index (χ2v) is 5.52. The molecule has 0 unspecified atom stereocenters. The third-order valence-electron chi connectivity index (χ3n) is 4.00. The van der Waals surface area contributed by atoms with Crippen LogP contribution in [0.2, 0.25) is 0 Å². The zero-order valence-electron chi connectivity index (χ0n) is 11.9. The number of carbonyl (C=O) groups is 1. The van der Waals surface area contributed by atoms with Gasteiger partial charge in [0, 0.05) is 17.1 Å². The number of hydrogen-bond acceptors (Lipinski definition) is 3. The van der Waals surface area contributed by atoms with Gasteiger partial charge in [0.2, 0.25) is 0 Å². The summed E-state index contributed by atoms with van der Waals surface area (Å²) < 4.78 is 0. The third-order valence-corrected chi connectivity index (χ3v) is 4.00. The van der Waals surface area contributed by atoms with E-state index in [0.717, 1.165) is 29.8 Å². The molecule has 0 aromatic heterocycles. The van der Waals surface area contributed by atoms with Crippen LogP contribution in [0.4, 0.5) is 17.1 Å². The van der Waals surface area contributed by atoms with E-state index in [4.69, 9.17) is 5.73 Å². The zero-order valence-corrected chi connectivity index (χ0v) is 11.9. The van der Waals surface area contributed by atoms with E-state index in [1.54, 1.807) is 6.07 Å². The Morgan fingerprint density at radius 3 is 2.67 bits per heavy atom. The molecule has 3 rings (SSSR count). The SMILES string of the molecule is Cc1cc(Nc2ccc3c(c2)CCC3)cc(C(=O)O)c1N. The molecule has 0 fully saturated rings. The minimum Gasteiger partial charge on any atom is -0.478 e. The van der Waals surface area contributed by atoms with Crippen LogP contribution in [-0.2, 0) is 12.8 Å². The van der Waals surface area contributed by atoms with Crippen molar-refractivity contribution in [3.8, 4) is 0 Å². The molecule has 0 heterocycles. The van der Waals surface area contributed by atoms with Crippen molar-refractivity contribution in [2.45, 2.75) is 26.2 Å². The average Bonchev–Trinajstić information content (AvgIpc) is 2.89. The van der Waals surface area contributed by atoms with Gasteiger partial charge in [-0.05, 0) is 67.1 Å². The number of rotatable bonds is 3. The molecule has 0 bridgehead atoms. The lowest BCUT2D eigenvalue weighted by Crippen LogP contribution is -2.05. The fourth-order valence-corrected chi connectivity index (χ4v) is 2.86. The minimum atomic E-state index is -1.01. The Balaban J connectivity index is 1.93. The summed E-state index contributed by atoms with van der Waals surface area (Å²) in [6.07, 6.45) is 3.48. The summed E-state index contributed by atoms with van der Waals surface area (Å²) in [5.74, 6) is -1.01. The highest BCUT2D eigenvalue weighted by Crippen LogP contribution is 2.29. The maximum atomic E-state index is 11.2. The molecule has 1 aliphatic rings. The first-order valence-corrected chi connectivity index (χ1v) is 7.07. The number of hydrogen-bond donors (Lipinski definition) is 3. The average molecular weight is 282 g/mol. The molecule has 0 atom stereocenters. The number of aromatic carboxylic acids is 1. The van der Waals surface area contributed by atoms with Gasteiger partial charge in [-0.15, -0.1) is 0 Å². The summed E-state index contributed by atoms with van der Waals surface area (Å²) in [5.41, 5.74) is 11.6. The van der Waals surface area contributed by atoms with Crippen LogP contribution >= 0.6 is 0 Å². The lowest BCUT2D eigenvalue weighted by Gasteiger charge is -2.12. The highest BCUT2D eigenvalue weighted by atomic mass is 16.4. The normalized spacial score (nSPS) is 13.0. The van der Waals surface area contributed by atoms with Crippen molar-refractivity contribution in [3.05, 3.63) is 52.6 Å². The lowest BCUT2D eigenvalue weighted by molar-refractivity contribution is 0.0698. The Kier molecular flexibility index (Phi) is 3.29. The van der Waals surface area contributed by atoms with Gasteiger partial charge in [-0.25, -0.2) is 4.79 Å². The van der Waals surface area contributed by atoms with Crippen molar-refractivity contribution < 1.29 is 9.90 Å². The summed E-state index contributed by atoms with van der Waals surface area (Å²) in [4.78, 5) is 11.2. The molecule has 4 N–H and O–H groups in total. The molecular weight excluding hydrogens is 264 g/mol. The van der Waals surface area contributed by atoms with Crippen molar-refractivity contribution in [2.75, 3.05) is 11.1 Å². The van der Waals surface area contributed by atoms with E-state index in [1.165, 1.54) is 17.5 Å². The zero-order chi connectivity index (χ0) is 15.0. The summed E-state index contributed by atoms with van der Waals surface area (Å²) in [5, 5.41) is 12.5. The van der Waals surface area contributed by atoms with E-state index in [0.29, 0.717) is 5.69 Å². The van der Waals surface area contributed by atoms with E-state index in [9.17, 15) is 9.90 Å². The van der Waals surface area contributed by atoms with Gasteiger partial charge in [0.25, 0.3) is 0 Å². The van der Waals surface area contributed by atoms with Gasteiger partial charge >= 0.3 is 5.97 Å². The molecule has 0 aliphatic heterocycles. The molecule has 4 heteroatoms. The number of fused-ring (bicyclic) bond motifs is 1. The van der Waals surface area contributed by atoms with Crippen LogP contribution in [0, 0.1) is 6.92 Å². The van der Waals surface area contributed by atoms with Crippen LogP contribution in [-0.4, -0.2) is 11.1 Å². The van der Waals surface area contributed by atoms with E-state index in [1.807, 2.05) is 19.1 Å². The molecule has 21 heavy (non-hydrogen) atoms. The molecule has 0 radical (unpaired) electrons. The Morgan fingerprint density at radius 2 is 1.90 bits per heavy atom. The molecule has 108 valence electrons. The van der Waals surface area contributed by atoms with Crippen LogP contribution in [0.3, 0.4) is 0 Å². The van der Waals surface area contributed by atoms with Crippen molar-refractivity contribution in [1.82, 2.24) is 0 Å². The van der Waals surface area contributed by atoms with Gasteiger partial charge < -0.3 is 16.2 Å². The van der Waals surface area contributed by atoms with E-state index >= 15 is 0 Å². The maximum absolute atomic E-state index is 11.2. The number of carboxylic acids is 1. The van der Waals surface area contributed by atoms with Crippen LogP contribution in [0.15, 0.2) is 30.3 Å². The molecule has 4 nitrogen and oxygen atoms in total. The number of nitrogen functional groups attached to an aromatic ring is 1. The Labute approximate surface area is 123 Å². The molecule has 2 aromatic rings. The molecule has 2 aromatic carbocycles. The molecule has 1 aliphatic carbocycles. The Bertz CT molecular complexity index is 723. The second kappa shape index (κ2) is 5.13. The first-order chi connectivity index (χ1) is 10.0. The topological polar surface area (TPSA) is 75.3 Å². The standard InChI is InChI=1S/C17H18N2O2/c1-10-7-14(9-15(16(10)18)17(20)21)19-13-6-5-11-3-2-4-12(11)8-13/h5-9,19H,2-4,18H2,1H3,(H,20,21). The summed E-state index contributed by atoms with van der Waals surface area (Å²) in [7, 11) is 0. The molecule has 0 amide bonds. The van der Waals surface area contributed by atoms with Gasteiger partial charge in [-0.1, -0.05) is 6.07 Å². The first kappa shape index (κ1) is 13.5. The fourth-order valence-electron chi connectivity index (χ4n) is 2.86. The van der Waals surface area contributed by atoms with Crippen LogP contribution in [0.1, 0.15) is 33.5 Å². The number of benzene rings is 2. The summed E-state index contributed by atoms with van der Waals surface area (Å²) in [6.45, 7) is 1.82. The van der Waals surface area contributed by atoms with Crippen molar-refractivity contribution in [3.63, 3.8) is 0 Å². The fraction of sp³-hybridized carbons (Fsp3) is 0.235. The Morgan fingerprint density at radius 1 is 1.14 bits per heavy atom. The van der Waals surface area contributed by atoms with Gasteiger partial charge in [-0.2, -0.15) is 0 Å². The van der Waals surface area contributed by atoms with Crippen LogP contribution in [0.5, 0.6) is 0 Å². The van der Waals surface area contributed by atoms with Crippen LogP contribution < -0.4 is 11.1 Å². The number of carboxylic acid groups (broad SMARTS) is 1. The van der Waals surface area contributed by atoms with Gasteiger partial charge in [0.15, 0.2) is 0 Å². The number of aryl methyl sites for hydroxylation is 3. The Hall–Kier alpha value is -2.49. The second-order valence-electron chi connectivity index (χ2n) is 5.52. The maximum Gasteiger partial charge on any atom is 0.337 e. The largest absolute Gasteiger partial charge is 0.478 e. The molecular formula is C17H18N2O2. The predicted octanol–water partition coefficient (Wildman–Crippen LogP) is 3.51. The monoisotopic (exact) mass is 282 g/mol. The molecule has 0 spiro atoms. The van der Waals surface area contributed by atoms with E-state index in [-0.39, 0.29) is 5.56 Å². The van der Waals surface area contributed by atoms with Crippen molar-refractivity contribution in [2.24, 2.45) is 0 Å². The highest BCUT2D eigenvalue weighted by molar-refractivity contribution is 5.96. The minimum absolute atomic E-state index is 0.138. The molecule has 0 saturated carbocycles. The third kappa shape index (κ3) is 2.57. The molecule has 0 saturated heterocycles. The number of anilines is 3. The van der Waals surface area contributed by atoms with Gasteiger partial charge in [0.05, 0.1) is 5.56 Å². The smallest absolute Gasteiger partial charge is 0.337 e. The first-order valence-electron chi connectivity index (χ1n) is 7.07. The lowest BCUT2D eigenvalue weighted by atomic mass is 10.1. The summed E-state index contributed by atoms with van der Waals surface area (Å²) in [6, 6.07) is 9.78. The number of nitrogens with two attached hydrogens (primary N) is 1.